The lowest BCUT2D eigenvalue weighted by Gasteiger charge is -2.31. The second kappa shape index (κ2) is 5.45. The van der Waals surface area contributed by atoms with Gasteiger partial charge < -0.3 is 10.0 Å². The molecule has 0 aromatic rings. The molecule has 1 aliphatic heterocycles. The van der Waals surface area contributed by atoms with E-state index in [1.807, 2.05) is 0 Å². The summed E-state index contributed by atoms with van der Waals surface area (Å²) < 4.78 is 0. The number of piperidine rings is 1. The lowest BCUT2D eigenvalue weighted by Crippen LogP contribution is -2.51. The lowest BCUT2D eigenvalue weighted by molar-refractivity contribution is -0.156. The van der Waals surface area contributed by atoms with E-state index in [1.54, 1.807) is 6.92 Å². The van der Waals surface area contributed by atoms with Gasteiger partial charge in [-0.05, 0) is 26.2 Å². The zero-order chi connectivity index (χ0) is 13.1. The molecule has 1 heterocycles. The van der Waals surface area contributed by atoms with Gasteiger partial charge in [0.15, 0.2) is 0 Å². The van der Waals surface area contributed by atoms with Crippen molar-refractivity contribution in [1.29, 1.82) is 0 Å². The molecule has 1 rings (SSSR count). The minimum atomic E-state index is -1.66. The van der Waals surface area contributed by atoms with Crippen molar-refractivity contribution in [2.45, 2.75) is 38.7 Å². The highest BCUT2D eigenvalue weighted by Gasteiger charge is 2.41. The third-order valence-electron chi connectivity index (χ3n) is 3.54. The molecule has 0 bridgehead atoms. The molecule has 0 aromatic heterocycles. The lowest BCUT2D eigenvalue weighted by atomic mass is 9.86. The van der Waals surface area contributed by atoms with Crippen LogP contribution in [0.2, 0.25) is 0 Å². The summed E-state index contributed by atoms with van der Waals surface area (Å²) in [5.41, 5.74) is -1.66. The number of amides is 1. The summed E-state index contributed by atoms with van der Waals surface area (Å²) in [6.07, 6.45) is 4.44. The molecule has 2 atom stereocenters. The van der Waals surface area contributed by atoms with Gasteiger partial charge in [-0.2, -0.15) is 0 Å². The Kier molecular flexibility index (Phi) is 4.46. The number of carbonyl (C=O) groups excluding carboxylic acids is 2. The van der Waals surface area contributed by atoms with Crippen molar-refractivity contribution < 1.29 is 14.7 Å². The monoisotopic (exact) mass is 239 g/mol. The van der Waals surface area contributed by atoms with Crippen LogP contribution in [0.3, 0.4) is 0 Å². The molecule has 1 amide bonds. The van der Waals surface area contributed by atoms with Crippen molar-refractivity contribution in [3.8, 4) is 0 Å². The Bertz CT molecular complexity index is 317. The van der Waals surface area contributed by atoms with E-state index in [1.165, 1.54) is 17.9 Å². The Morgan fingerprint density at radius 3 is 2.35 bits per heavy atom. The highest BCUT2D eigenvalue weighted by atomic mass is 16.3. The first-order chi connectivity index (χ1) is 7.91. The predicted molar refractivity (Wildman–Crippen MR) is 65.4 cm³/mol. The number of rotatable bonds is 4. The average molecular weight is 239 g/mol. The van der Waals surface area contributed by atoms with Crippen molar-refractivity contribution in [2.24, 2.45) is 5.92 Å². The first-order valence-corrected chi connectivity index (χ1v) is 6.10. The number of aliphatic hydroxyl groups is 1. The minimum Gasteiger partial charge on any atom is -0.381 e. The van der Waals surface area contributed by atoms with Gasteiger partial charge in [-0.25, -0.2) is 0 Å². The SMILES string of the molecule is C=C[C@@H](C)[C@@](C)(O)C(=O)C(=O)N1CCCCC1. The molecule has 1 aliphatic rings. The molecule has 0 unspecified atom stereocenters. The number of hydrogen-bond acceptors (Lipinski definition) is 3. The van der Waals surface area contributed by atoms with Crippen LogP contribution in [0.1, 0.15) is 33.1 Å². The summed E-state index contributed by atoms with van der Waals surface area (Å²) in [6, 6.07) is 0. The molecule has 1 saturated heterocycles. The normalized spacial score (nSPS) is 21.5. The molecule has 0 spiro atoms. The first-order valence-electron chi connectivity index (χ1n) is 6.10. The minimum absolute atomic E-state index is 0.441. The third-order valence-corrected chi connectivity index (χ3v) is 3.54. The topological polar surface area (TPSA) is 57.6 Å². The van der Waals surface area contributed by atoms with Crippen LogP contribution < -0.4 is 0 Å². The Morgan fingerprint density at radius 1 is 1.35 bits per heavy atom. The van der Waals surface area contributed by atoms with E-state index >= 15 is 0 Å². The highest BCUT2D eigenvalue weighted by Crippen LogP contribution is 2.21. The van der Waals surface area contributed by atoms with Crippen LogP contribution in [0.4, 0.5) is 0 Å². The zero-order valence-electron chi connectivity index (χ0n) is 10.6. The van der Waals surface area contributed by atoms with E-state index in [9.17, 15) is 14.7 Å². The smallest absolute Gasteiger partial charge is 0.293 e. The van der Waals surface area contributed by atoms with Crippen LogP contribution in [-0.4, -0.2) is 40.4 Å². The van der Waals surface area contributed by atoms with E-state index in [4.69, 9.17) is 0 Å². The van der Waals surface area contributed by atoms with Crippen molar-refractivity contribution in [3.05, 3.63) is 12.7 Å². The zero-order valence-corrected chi connectivity index (χ0v) is 10.6. The number of nitrogens with zero attached hydrogens (tertiary/aromatic N) is 1. The van der Waals surface area contributed by atoms with E-state index < -0.39 is 23.2 Å². The first kappa shape index (κ1) is 13.9. The van der Waals surface area contributed by atoms with Crippen molar-refractivity contribution in [3.63, 3.8) is 0 Å². The van der Waals surface area contributed by atoms with Gasteiger partial charge in [0.25, 0.3) is 11.7 Å². The van der Waals surface area contributed by atoms with Gasteiger partial charge in [0.05, 0.1) is 0 Å². The second-order valence-electron chi connectivity index (χ2n) is 4.85. The third kappa shape index (κ3) is 2.94. The predicted octanol–water partition coefficient (Wildman–Crippen LogP) is 1.14. The number of Topliss-reactive ketones (excluding diaryl/α,β-unsaturated/α-hetero) is 1. The van der Waals surface area contributed by atoms with Crippen molar-refractivity contribution in [2.75, 3.05) is 13.1 Å². The molecule has 4 nitrogen and oxygen atoms in total. The van der Waals surface area contributed by atoms with Crippen LogP contribution in [0.5, 0.6) is 0 Å². The van der Waals surface area contributed by atoms with E-state index in [-0.39, 0.29) is 0 Å². The van der Waals surface area contributed by atoms with Gasteiger partial charge in [0.1, 0.15) is 5.60 Å². The summed E-state index contributed by atoms with van der Waals surface area (Å²) in [6.45, 7) is 7.83. The standard InChI is InChI=1S/C13H21NO3/c1-4-10(2)13(3,17)11(15)12(16)14-8-6-5-7-9-14/h4,10,17H,1,5-9H2,2-3H3/t10-,13-/m1/s1. The van der Waals surface area contributed by atoms with Crippen molar-refractivity contribution >= 4 is 11.7 Å². The number of hydrogen-bond donors (Lipinski definition) is 1. The molecule has 0 saturated carbocycles. The van der Waals surface area contributed by atoms with E-state index in [0.717, 1.165) is 19.3 Å². The molecule has 4 heteroatoms. The largest absolute Gasteiger partial charge is 0.381 e. The van der Waals surface area contributed by atoms with Gasteiger partial charge in [-0.15, -0.1) is 6.58 Å². The van der Waals surface area contributed by atoms with Gasteiger partial charge in [-0.1, -0.05) is 13.0 Å². The van der Waals surface area contributed by atoms with Crippen LogP contribution >= 0.6 is 0 Å². The van der Waals surface area contributed by atoms with Crippen LogP contribution in [0, 0.1) is 5.92 Å². The summed E-state index contributed by atoms with van der Waals surface area (Å²) in [5, 5.41) is 10.1. The Hall–Kier alpha value is -1.16. The molecular formula is C13H21NO3. The van der Waals surface area contributed by atoms with Gasteiger partial charge >= 0.3 is 0 Å². The summed E-state index contributed by atoms with van der Waals surface area (Å²) in [4.78, 5) is 25.5. The number of carbonyl (C=O) groups is 2. The van der Waals surface area contributed by atoms with Gasteiger partial charge in [0.2, 0.25) is 0 Å². The second-order valence-corrected chi connectivity index (χ2v) is 4.85. The maximum atomic E-state index is 12.0. The van der Waals surface area contributed by atoms with Crippen LogP contribution in [0.25, 0.3) is 0 Å². The molecule has 1 fully saturated rings. The van der Waals surface area contributed by atoms with E-state index in [2.05, 4.69) is 6.58 Å². The quantitative estimate of drug-likeness (QED) is 0.591. The maximum absolute atomic E-state index is 12.0. The molecular weight excluding hydrogens is 218 g/mol. The Balaban J connectivity index is 2.74. The molecule has 96 valence electrons. The van der Waals surface area contributed by atoms with Crippen molar-refractivity contribution in [1.82, 2.24) is 4.90 Å². The fraction of sp³-hybridized carbons (Fsp3) is 0.692. The van der Waals surface area contributed by atoms with Crippen LogP contribution in [-0.2, 0) is 9.59 Å². The fourth-order valence-corrected chi connectivity index (χ4v) is 1.89. The summed E-state index contributed by atoms with van der Waals surface area (Å²) in [7, 11) is 0. The summed E-state index contributed by atoms with van der Waals surface area (Å²) >= 11 is 0. The number of likely N-dealkylation sites (tertiary alicyclic amines) is 1. The molecule has 0 aromatic carbocycles. The molecule has 1 N–H and O–H groups in total. The molecule has 0 radical (unpaired) electrons. The molecule has 0 aliphatic carbocycles. The van der Waals surface area contributed by atoms with E-state index in [0.29, 0.717) is 13.1 Å². The van der Waals surface area contributed by atoms with Gasteiger partial charge in [-0.3, -0.25) is 9.59 Å². The van der Waals surface area contributed by atoms with Crippen LogP contribution in [0.15, 0.2) is 12.7 Å². The Labute approximate surface area is 102 Å². The molecule has 17 heavy (non-hydrogen) atoms. The Morgan fingerprint density at radius 2 is 1.88 bits per heavy atom. The maximum Gasteiger partial charge on any atom is 0.293 e. The fourth-order valence-electron chi connectivity index (χ4n) is 1.89. The highest BCUT2D eigenvalue weighted by molar-refractivity contribution is 6.39. The average Bonchev–Trinajstić information content (AvgIpc) is 2.36. The van der Waals surface area contributed by atoms with Gasteiger partial charge in [0, 0.05) is 19.0 Å². The summed E-state index contributed by atoms with van der Waals surface area (Å²) in [5.74, 6) is -1.74. The number of ketones is 1.